The Morgan fingerprint density at radius 3 is 1.98 bits per heavy atom. The number of Topliss-reactive ketones (excluding diaryl/α,β-unsaturated/α-hetero) is 1. The zero-order valence-corrected chi connectivity index (χ0v) is 33.7. The highest BCUT2D eigenvalue weighted by molar-refractivity contribution is 5.77. The van der Waals surface area contributed by atoms with Crippen LogP contribution in [-0.4, -0.2) is 89.7 Å². The van der Waals surface area contributed by atoms with Crippen molar-refractivity contribution in [3.8, 4) is 0 Å². The average Bonchev–Trinajstić information content (AvgIpc) is 3.13. The van der Waals surface area contributed by atoms with Crippen molar-refractivity contribution in [3.63, 3.8) is 0 Å². The lowest BCUT2D eigenvalue weighted by atomic mass is 9.54. The predicted octanol–water partition coefficient (Wildman–Crippen LogP) is 8.00. The maximum Gasteiger partial charge on any atom is 0.222 e. The minimum atomic E-state index is -0.524. The van der Waals surface area contributed by atoms with Crippen LogP contribution in [0, 0.1) is 27.6 Å². The smallest absolute Gasteiger partial charge is 0.222 e. The van der Waals surface area contributed by atoms with Crippen molar-refractivity contribution in [2.75, 3.05) is 39.6 Å². The van der Waals surface area contributed by atoms with Gasteiger partial charge in [0, 0.05) is 32.0 Å². The summed E-state index contributed by atoms with van der Waals surface area (Å²) in [5, 5.41) is 18.9. The highest BCUT2D eigenvalue weighted by Gasteiger charge is 2.49. The molecule has 48 heavy (non-hydrogen) atoms. The van der Waals surface area contributed by atoms with Crippen LogP contribution in [0.2, 0.25) is 0 Å². The minimum absolute atomic E-state index is 0.0510. The van der Waals surface area contributed by atoms with Crippen molar-refractivity contribution in [1.29, 1.82) is 0 Å². The molecule has 0 bridgehead atoms. The maximum atomic E-state index is 13.4. The van der Waals surface area contributed by atoms with E-state index in [1.165, 1.54) is 0 Å². The molecule has 1 amide bonds. The molecular weight excluding hydrogens is 606 g/mol. The van der Waals surface area contributed by atoms with Crippen molar-refractivity contribution < 1.29 is 34.0 Å². The molecular formula is C40H77NO7. The molecule has 1 aliphatic heterocycles. The monoisotopic (exact) mass is 684 g/mol. The summed E-state index contributed by atoms with van der Waals surface area (Å²) in [6, 6.07) is 0.0942. The van der Waals surface area contributed by atoms with E-state index in [4.69, 9.17) is 14.2 Å². The second-order valence-electron chi connectivity index (χ2n) is 18.9. The quantitative estimate of drug-likeness (QED) is 0.111. The molecule has 1 saturated heterocycles. The lowest BCUT2D eigenvalue weighted by molar-refractivity contribution is -0.167. The minimum Gasteiger partial charge on any atom is -0.396 e. The van der Waals surface area contributed by atoms with Gasteiger partial charge in [-0.15, -0.1) is 0 Å². The van der Waals surface area contributed by atoms with Gasteiger partial charge in [-0.05, 0) is 101 Å². The second-order valence-corrected chi connectivity index (χ2v) is 18.9. The summed E-state index contributed by atoms with van der Waals surface area (Å²) >= 11 is 0. The van der Waals surface area contributed by atoms with E-state index >= 15 is 0 Å². The standard InChI is InChI=1S/C40H77NO7/c1-30(44)26-31(40(13,14)37(7,8)28-32(35(2,3)4)41-21-17-15-16-18-34(41)45)27-36(5,6)33(29-46-25-23-43)48-39(11,12)20-24-47-38(9,10)19-22-42/h31-33,42-43H,15-29H2,1-14H3. The third kappa shape index (κ3) is 14.3. The zero-order chi connectivity index (χ0) is 37.2. The van der Waals surface area contributed by atoms with Crippen LogP contribution in [0.25, 0.3) is 0 Å². The van der Waals surface area contributed by atoms with Crippen molar-refractivity contribution in [3.05, 3.63) is 0 Å². The van der Waals surface area contributed by atoms with Crippen LogP contribution in [0.15, 0.2) is 0 Å². The van der Waals surface area contributed by atoms with E-state index in [0.29, 0.717) is 38.9 Å². The van der Waals surface area contributed by atoms with E-state index in [-0.39, 0.29) is 71.2 Å². The number of hydrogen-bond acceptors (Lipinski definition) is 7. The summed E-state index contributed by atoms with van der Waals surface area (Å²) in [7, 11) is 0. The molecule has 1 aliphatic rings. The summed E-state index contributed by atoms with van der Waals surface area (Å²) in [6.07, 6.45) is 6.72. The number of aliphatic hydroxyl groups excluding tert-OH is 2. The number of carbonyl (C=O) groups excluding carboxylic acids is 2. The van der Waals surface area contributed by atoms with Gasteiger partial charge in [-0.2, -0.15) is 0 Å². The van der Waals surface area contributed by atoms with E-state index < -0.39 is 11.2 Å². The summed E-state index contributed by atoms with van der Waals surface area (Å²) in [5.41, 5.74) is -1.86. The summed E-state index contributed by atoms with van der Waals surface area (Å²) < 4.78 is 18.9. The first-order valence-corrected chi connectivity index (χ1v) is 18.7. The fraction of sp³-hybridized carbons (Fsp3) is 0.950. The van der Waals surface area contributed by atoms with Crippen LogP contribution in [0.3, 0.4) is 0 Å². The second kappa shape index (κ2) is 18.4. The van der Waals surface area contributed by atoms with Gasteiger partial charge in [0.25, 0.3) is 0 Å². The first-order chi connectivity index (χ1) is 21.8. The Morgan fingerprint density at radius 1 is 0.812 bits per heavy atom. The number of aliphatic hydroxyl groups is 2. The van der Waals surface area contributed by atoms with Crippen LogP contribution in [-0.2, 0) is 23.8 Å². The third-order valence-corrected chi connectivity index (χ3v) is 11.5. The zero-order valence-electron chi connectivity index (χ0n) is 33.7. The maximum absolute atomic E-state index is 13.4. The fourth-order valence-electron chi connectivity index (χ4n) is 7.24. The van der Waals surface area contributed by atoms with Gasteiger partial charge in [-0.3, -0.25) is 4.79 Å². The Balaban J connectivity index is 3.39. The SMILES string of the molecule is CC(=O)CC(CC(C)(C)C(COCCO)OC(C)(C)CCOC(C)(C)CCO)C(C)(C)C(C)(C)CC(N1CCCCCC1=O)C(C)(C)C. The largest absolute Gasteiger partial charge is 0.396 e. The Bertz CT molecular complexity index is 979. The summed E-state index contributed by atoms with van der Waals surface area (Å²) in [6.45, 7) is 32.1. The molecule has 8 heteroatoms. The van der Waals surface area contributed by atoms with E-state index in [1.807, 2.05) is 13.8 Å². The summed E-state index contributed by atoms with van der Waals surface area (Å²) in [5.74, 6) is 0.497. The third-order valence-electron chi connectivity index (χ3n) is 11.5. The van der Waals surface area contributed by atoms with E-state index in [1.54, 1.807) is 6.92 Å². The van der Waals surface area contributed by atoms with Crippen molar-refractivity contribution in [2.24, 2.45) is 27.6 Å². The van der Waals surface area contributed by atoms with Crippen molar-refractivity contribution in [1.82, 2.24) is 4.90 Å². The summed E-state index contributed by atoms with van der Waals surface area (Å²) in [4.78, 5) is 28.5. The van der Waals surface area contributed by atoms with Gasteiger partial charge in [0.05, 0.1) is 43.7 Å². The molecule has 0 aromatic carbocycles. The highest BCUT2D eigenvalue weighted by atomic mass is 16.6. The van der Waals surface area contributed by atoms with Gasteiger partial charge in [0.2, 0.25) is 5.91 Å². The molecule has 2 N–H and O–H groups in total. The molecule has 3 atom stereocenters. The van der Waals surface area contributed by atoms with Crippen molar-refractivity contribution >= 4 is 11.7 Å². The van der Waals surface area contributed by atoms with Crippen LogP contribution in [0.1, 0.15) is 155 Å². The van der Waals surface area contributed by atoms with Gasteiger partial charge in [0.15, 0.2) is 0 Å². The number of ketones is 1. The first-order valence-electron chi connectivity index (χ1n) is 18.7. The molecule has 0 saturated carbocycles. The number of amides is 1. The van der Waals surface area contributed by atoms with Gasteiger partial charge < -0.3 is 34.1 Å². The molecule has 0 aliphatic carbocycles. The van der Waals surface area contributed by atoms with Crippen LogP contribution in [0.4, 0.5) is 0 Å². The molecule has 1 heterocycles. The number of nitrogens with zero attached hydrogens (tertiary/aromatic N) is 1. The molecule has 0 radical (unpaired) electrons. The van der Waals surface area contributed by atoms with Crippen LogP contribution >= 0.6 is 0 Å². The Morgan fingerprint density at radius 2 is 1.44 bits per heavy atom. The van der Waals surface area contributed by atoms with Crippen LogP contribution in [0.5, 0.6) is 0 Å². The van der Waals surface area contributed by atoms with Gasteiger partial charge >= 0.3 is 0 Å². The van der Waals surface area contributed by atoms with Gasteiger partial charge in [-0.1, -0.05) is 68.7 Å². The number of hydrogen-bond donors (Lipinski definition) is 2. The Hall–Kier alpha value is -1.06. The molecule has 8 nitrogen and oxygen atoms in total. The number of rotatable bonds is 22. The number of carbonyl (C=O) groups is 2. The number of ether oxygens (including phenoxy) is 3. The molecule has 284 valence electrons. The van der Waals surface area contributed by atoms with Gasteiger partial charge in [-0.25, -0.2) is 0 Å². The highest BCUT2D eigenvalue weighted by Crippen LogP contribution is 2.54. The first kappa shape index (κ1) is 45.0. The lowest BCUT2D eigenvalue weighted by Gasteiger charge is -2.53. The van der Waals surface area contributed by atoms with Gasteiger partial charge in [0.1, 0.15) is 5.78 Å². The Kier molecular flexibility index (Phi) is 17.3. The van der Waals surface area contributed by atoms with E-state index in [9.17, 15) is 19.8 Å². The molecule has 0 spiro atoms. The fourth-order valence-corrected chi connectivity index (χ4v) is 7.24. The van der Waals surface area contributed by atoms with Crippen LogP contribution < -0.4 is 0 Å². The molecule has 1 fully saturated rings. The normalized spacial score (nSPS) is 18.1. The molecule has 1 rings (SSSR count). The average molecular weight is 684 g/mol. The molecule has 0 aromatic heterocycles. The van der Waals surface area contributed by atoms with Crippen molar-refractivity contribution in [2.45, 2.75) is 178 Å². The predicted molar refractivity (Wildman–Crippen MR) is 196 cm³/mol. The Labute approximate surface area is 295 Å². The van der Waals surface area contributed by atoms with E-state index in [2.05, 4.69) is 81.1 Å². The molecule has 0 aromatic rings. The number of likely N-dealkylation sites (tertiary alicyclic amines) is 1. The molecule has 3 unspecified atom stereocenters. The topological polar surface area (TPSA) is 106 Å². The van der Waals surface area contributed by atoms with E-state index in [0.717, 1.165) is 38.6 Å². The lowest BCUT2D eigenvalue weighted by Crippen LogP contribution is -2.53.